The fourth-order valence-corrected chi connectivity index (χ4v) is 3.99. The van der Waals surface area contributed by atoms with E-state index in [1.165, 1.54) is 31.8 Å². The van der Waals surface area contributed by atoms with E-state index in [9.17, 15) is 0 Å². The molecule has 0 unspecified atom stereocenters. The Balaban J connectivity index is 2.26. The Morgan fingerprint density at radius 2 is 2.13 bits per heavy atom. The average molecular weight is 233 g/mol. The average Bonchev–Trinajstić information content (AvgIpc) is 2.52. The van der Waals surface area contributed by atoms with Gasteiger partial charge in [-0.15, -0.1) is 23.1 Å². The van der Waals surface area contributed by atoms with Crippen LogP contribution in [0.5, 0.6) is 0 Å². The molecule has 0 spiro atoms. The predicted molar refractivity (Wildman–Crippen MR) is 66.7 cm³/mol. The Kier molecular flexibility index (Phi) is 2.29. The second-order valence-electron chi connectivity index (χ2n) is 3.60. The first kappa shape index (κ1) is 9.43. The van der Waals surface area contributed by atoms with E-state index in [0.717, 1.165) is 6.42 Å². The highest BCUT2D eigenvalue weighted by atomic mass is 32.2. The highest BCUT2D eigenvalue weighted by Crippen LogP contribution is 2.38. The van der Waals surface area contributed by atoms with Crippen molar-refractivity contribution < 1.29 is 0 Å². The molecule has 1 aromatic heterocycles. The van der Waals surface area contributed by atoms with Crippen LogP contribution in [0.2, 0.25) is 0 Å². The van der Waals surface area contributed by atoms with Gasteiger partial charge in [-0.05, 0) is 19.4 Å². The van der Waals surface area contributed by atoms with Crippen molar-refractivity contribution in [3.8, 4) is 11.3 Å². The molecule has 76 valence electrons. The van der Waals surface area contributed by atoms with Crippen LogP contribution in [0.1, 0.15) is 9.88 Å². The lowest BCUT2D eigenvalue weighted by atomic mass is 10.1. The molecule has 1 aliphatic rings. The van der Waals surface area contributed by atoms with Crippen LogP contribution in [0.25, 0.3) is 11.3 Å². The van der Waals surface area contributed by atoms with Crippen molar-refractivity contribution in [2.75, 3.05) is 5.75 Å². The van der Waals surface area contributed by atoms with Gasteiger partial charge in [0, 0.05) is 21.1 Å². The van der Waals surface area contributed by atoms with Gasteiger partial charge in [-0.25, -0.2) is 4.98 Å². The molecule has 3 rings (SSSR count). The molecule has 1 aromatic carbocycles. The summed E-state index contributed by atoms with van der Waals surface area (Å²) in [6.07, 6.45) is 1.15. The second-order valence-corrected chi connectivity index (χ2v) is 6.02. The van der Waals surface area contributed by atoms with Crippen molar-refractivity contribution in [1.29, 1.82) is 0 Å². The van der Waals surface area contributed by atoms with Crippen LogP contribution in [-0.4, -0.2) is 10.7 Å². The van der Waals surface area contributed by atoms with Gasteiger partial charge in [-0.3, -0.25) is 0 Å². The number of thioether (sulfide) groups is 1. The first-order chi connectivity index (χ1) is 7.34. The van der Waals surface area contributed by atoms with Crippen molar-refractivity contribution in [3.05, 3.63) is 34.2 Å². The van der Waals surface area contributed by atoms with Crippen LogP contribution in [0, 0.1) is 6.92 Å². The number of hydrogen-bond acceptors (Lipinski definition) is 3. The highest BCUT2D eigenvalue weighted by Gasteiger charge is 2.17. The number of aryl methyl sites for hydroxylation is 2. The molecule has 0 fully saturated rings. The maximum atomic E-state index is 4.66. The van der Waals surface area contributed by atoms with E-state index in [0.29, 0.717) is 0 Å². The summed E-state index contributed by atoms with van der Waals surface area (Å²) in [5, 5.41) is 1.18. The van der Waals surface area contributed by atoms with Gasteiger partial charge in [0.25, 0.3) is 0 Å². The van der Waals surface area contributed by atoms with Crippen molar-refractivity contribution in [2.45, 2.75) is 18.2 Å². The van der Waals surface area contributed by atoms with Gasteiger partial charge in [0.15, 0.2) is 0 Å². The summed E-state index contributed by atoms with van der Waals surface area (Å²) < 4.78 is 0. The van der Waals surface area contributed by atoms with Gasteiger partial charge >= 0.3 is 0 Å². The topological polar surface area (TPSA) is 12.9 Å². The number of benzene rings is 1. The van der Waals surface area contributed by atoms with E-state index in [2.05, 4.69) is 36.2 Å². The minimum Gasteiger partial charge on any atom is -0.241 e. The van der Waals surface area contributed by atoms with Crippen LogP contribution in [0.15, 0.2) is 29.2 Å². The van der Waals surface area contributed by atoms with E-state index in [1.54, 1.807) is 0 Å². The molecule has 0 N–H and O–H groups in total. The van der Waals surface area contributed by atoms with Gasteiger partial charge in [0.05, 0.1) is 10.7 Å². The lowest BCUT2D eigenvalue weighted by Crippen LogP contribution is -1.83. The van der Waals surface area contributed by atoms with Crippen LogP contribution >= 0.6 is 23.1 Å². The van der Waals surface area contributed by atoms with Crippen molar-refractivity contribution in [2.24, 2.45) is 0 Å². The quantitative estimate of drug-likeness (QED) is 0.687. The maximum Gasteiger partial charge on any atom is 0.0904 e. The number of hydrogen-bond donors (Lipinski definition) is 0. The van der Waals surface area contributed by atoms with Crippen molar-refractivity contribution >= 4 is 23.1 Å². The summed E-state index contributed by atoms with van der Waals surface area (Å²) in [6.45, 7) is 2.09. The zero-order chi connectivity index (χ0) is 10.3. The molecule has 1 nitrogen and oxygen atoms in total. The van der Waals surface area contributed by atoms with E-state index >= 15 is 0 Å². The Morgan fingerprint density at radius 3 is 3.07 bits per heavy atom. The van der Waals surface area contributed by atoms with Gasteiger partial charge < -0.3 is 0 Å². The van der Waals surface area contributed by atoms with E-state index < -0.39 is 0 Å². The SMILES string of the molecule is Cc1nc2c(s1)CCSc1ccccc1-2. The standard InChI is InChI=1S/C12H11NS2/c1-8-13-12-9-4-2-3-5-10(9)14-7-6-11(12)15-8/h2-5H,6-7H2,1H3. The molecule has 2 heterocycles. The van der Waals surface area contributed by atoms with Crippen LogP contribution in [0.4, 0.5) is 0 Å². The van der Waals surface area contributed by atoms with Crippen molar-refractivity contribution in [3.63, 3.8) is 0 Å². The molecule has 0 saturated carbocycles. The third kappa shape index (κ3) is 1.60. The van der Waals surface area contributed by atoms with E-state index in [1.807, 2.05) is 23.1 Å². The van der Waals surface area contributed by atoms with Crippen molar-refractivity contribution in [1.82, 2.24) is 4.98 Å². The van der Waals surface area contributed by atoms with Gasteiger partial charge in [-0.2, -0.15) is 0 Å². The summed E-state index contributed by atoms with van der Waals surface area (Å²) >= 11 is 3.79. The Labute approximate surface area is 97.6 Å². The van der Waals surface area contributed by atoms with Gasteiger partial charge in [0.2, 0.25) is 0 Å². The first-order valence-corrected chi connectivity index (χ1v) is 6.83. The molecule has 0 atom stereocenters. The fourth-order valence-electron chi connectivity index (χ4n) is 1.89. The Morgan fingerprint density at radius 1 is 1.27 bits per heavy atom. The largest absolute Gasteiger partial charge is 0.241 e. The fraction of sp³-hybridized carbons (Fsp3) is 0.250. The lowest BCUT2D eigenvalue weighted by molar-refractivity contribution is 1.19. The third-order valence-corrected chi connectivity index (χ3v) is 4.64. The highest BCUT2D eigenvalue weighted by molar-refractivity contribution is 7.99. The summed E-state index contributed by atoms with van der Waals surface area (Å²) in [4.78, 5) is 7.48. The number of aromatic nitrogens is 1. The molecular weight excluding hydrogens is 222 g/mol. The molecule has 0 aliphatic carbocycles. The normalized spacial score (nSPS) is 14.2. The molecule has 0 saturated heterocycles. The van der Waals surface area contributed by atoms with Gasteiger partial charge in [0.1, 0.15) is 0 Å². The lowest BCUT2D eigenvalue weighted by Gasteiger charge is -2.02. The molecule has 0 amide bonds. The number of fused-ring (bicyclic) bond motifs is 3. The van der Waals surface area contributed by atoms with Crippen LogP contribution in [0.3, 0.4) is 0 Å². The molecule has 0 radical (unpaired) electrons. The first-order valence-electron chi connectivity index (χ1n) is 5.03. The predicted octanol–water partition coefficient (Wildman–Crippen LogP) is 3.77. The molecule has 2 aromatic rings. The minimum atomic E-state index is 1.15. The second kappa shape index (κ2) is 3.65. The zero-order valence-corrected chi connectivity index (χ0v) is 10.1. The van der Waals surface area contributed by atoms with Gasteiger partial charge in [-0.1, -0.05) is 18.2 Å². The van der Waals surface area contributed by atoms with Crippen LogP contribution < -0.4 is 0 Å². The summed E-state index contributed by atoms with van der Waals surface area (Å²) in [7, 11) is 0. The summed E-state index contributed by atoms with van der Waals surface area (Å²) in [6, 6.07) is 8.59. The minimum absolute atomic E-state index is 1.15. The molecule has 0 bridgehead atoms. The maximum absolute atomic E-state index is 4.66. The number of nitrogens with zero attached hydrogens (tertiary/aromatic N) is 1. The smallest absolute Gasteiger partial charge is 0.0904 e. The summed E-state index contributed by atoms with van der Waals surface area (Å²) in [5.41, 5.74) is 2.54. The molecule has 15 heavy (non-hydrogen) atoms. The third-order valence-electron chi connectivity index (χ3n) is 2.53. The Bertz CT molecular complexity index is 502. The number of thiazole rings is 1. The van der Waals surface area contributed by atoms with Crippen LogP contribution in [-0.2, 0) is 6.42 Å². The summed E-state index contributed by atoms with van der Waals surface area (Å²) in [5.74, 6) is 1.17. The zero-order valence-electron chi connectivity index (χ0n) is 8.49. The Hall–Kier alpha value is -0.800. The number of rotatable bonds is 0. The molecule has 1 aliphatic heterocycles. The monoisotopic (exact) mass is 233 g/mol. The molecule has 3 heteroatoms. The van der Waals surface area contributed by atoms with E-state index in [4.69, 9.17) is 0 Å². The van der Waals surface area contributed by atoms with E-state index in [-0.39, 0.29) is 0 Å². The molecular formula is C12H11NS2.